The average molecular weight is 506 g/mol. The van der Waals surface area contributed by atoms with E-state index in [1.54, 1.807) is 10.6 Å². The molecular weight excluding hydrogens is 478 g/mol. The van der Waals surface area contributed by atoms with Crippen molar-refractivity contribution >= 4 is 34.3 Å². The van der Waals surface area contributed by atoms with Gasteiger partial charge in [0.1, 0.15) is 0 Å². The van der Waals surface area contributed by atoms with Crippen molar-refractivity contribution in [3.8, 4) is 5.69 Å². The van der Waals surface area contributed by atoms with Gasteiger partial charge in [-0.2, -0.15) is 0 Å². The molecule has 0 radical (unpaired) electrons. The van der Waals surface area contributed by atoms with Crippen LogP contribution in [0.25, 0.3) is 16.6 Å². The molecule has 0 spiro atoms. The van der Waals surface area contributed by atoms with Crippen LogP contribution in [0, 0.1) is 13.8 Å². The highest BCUT2D eigenvalue weighted by atomic mass is 32.2. The molecule has 1 amide bonds. The van der Waals surface area contributed by atoms with Crippen LogP contribution < -0.4 is 10.9 Å². The lowest BCUT2D eigenvalue weighted by Gasteiger charge is -2.16. The standard InChI is InChI=1S/C31H27N3O2S/c1-21-11-10-18-28(22(21)2)34-30(36)25-15-7-9-17-27(25)33-31(34)37-20-29(35)32-26-16-8-6-14-24(26)19-23-12-4-3-5-13-23/h3-18H,19-20H2,1-2H3,(H,32,35). The normalized spacial score (nSPS) is 11.0. The zero-order valence-corrected chi connectivity index (χ0v) is 21.6. The number of rotatable bonds is 7. The van der Waals surface area contributed by atoms with E-state index in [0.717, 1.165) is 34.5 Å². The summed E-state index contributed by atoms with van der Waals surface area (Å²) in [5.41, 5.74) is 6.35. The van der Waals surface area contributed by atoms with E-state index < -0.39 is 0 Å². The van der Waals surface area contributed by atoms with E-state index in [1.165, 1.54) is 17.3 Å². The van der Waals surface area contributed by atoms with E-state index in [2.05, 4.69) is 17.4 Å². The maximum Gasteiger partial charge on any atom is 0.266 e. The lowest BCUT2D eigenvalue weighted by molar-refractivity contribution is -0.113. The van der Waals surface area contributed by atoms with E-state index in [4.69, 9.17) is 4.98 Å². The molecule has 0 atom stereocenters. The monoisotopic (exact) mass is 505 g/mol. The maximum atomic E-state index is 13.6. The Morgan fingerprint density at radius 3 is 2.43 bits per heavy atom. The van der Waals surface area contributed by atoms with Crippen molar-refractivity contribution in [3.63, 3.8) is 0 Å². The number of nitrogens with zero attached hydrogens (tertiary/aromatic N) is 2. The summed E-state index contributed by atoms with van der Waals surface area (Å²) < 4.78 is 1.63. The Bertz CT molecular complexity index is 1640. The van der Waals surface area contributed by atoms with Crippen molar-refractivity contribution in [1.29, 1.82) is 0 Å². The van der Waals surface area contributed by atoms with Crippen LogP contribution in [0.1, 0.15) is 22.3 Å². The van der Waals surface area contributed by atoms with Gasteiger partial charge in [0.25, 0.3) is 5.56 Å². The molecule has 0 unspecified atom stereocenters. The number of carbonyl (C=O) groups excluding carboxylic acids is 1. The molecule has 37 heavy (non-hydrogen) atoms. The van der Waals surface area contributed by atoms with Crippen LogP contribution in [-0.4, -0.2) is 21.2 Å². The SMILES string of the molecule is Cc1cccc(-n2c(SCC(=O)Nc3ccccc3Cc3ccccc3)nc3ccccc3c2=O)c1C. The highest BCUT2D eigenvalue weighted by Gasteiger charge is 2.17. The van der Waals surface area contributed by atoms with Crippen LogP contribution in [-0.2, 0) is 11.2 Å². The molecule has 1 aromatic heterocycles. The lowest BCUT2D eigenvalue weighted by atomic mass is 10.0. The van der Waals surface area contributed by atoms with Gasteiger partial charge in [-0.1, -0.05) is 84.6 Å². The lowest BCUT2D eigenvalue weighted by Crippen LogP contribution is -2.23. The summed E-state index contributed by atoms with van der Waals surface area (Å²) in [7, 11) is 0. The fourth-order valence-corrected chi connectivity index (χ4v) is 5.13. The first kappa shape index (κ1) is 24.5. The third kappa shape index (κ3) is 5.34. The summed E-state index contributed by atoms with van der Waals surface area (Å²) in [6.45, 7) is 4.02. The summed E-state index contributed by atoms with van der Waals surface area (Å²) in [6.07, 6.45) is 0.725. The topological polar surface area (TPSA) is 64.0 Å². The number of fused-ring (bicyclic) bond motifs is 1. The Balaban J connectivity index is 1.43. The van der Waals surface area contributed by atoms with E-state index in [-0.39, 0.29) is 17.2 Å². The summed E-state index contributed by atoms with van der Waals surface area (Å²) >= 11 is 1.26. The first-order valence-corrected chi connectivity index (χ1v) is 13.1. The number of thioether (sulfide) groups is 1. The van der Waals surface area contributed by atoms with Crippen molar-refractivity contribution in [2.24, 2.45) is 0 Å². The summed E-state index contributed by atoms with van der Waals surface area (Å²) in [5, 5.41) is 4.10. The average Bonchev–Trinajstić information content (AvgIpc) is 2.91. The van der Waals surface area contributed by atoms with Gasteiger partial charge in [0.2, 0.25) is 5.91 Å². The molecule has 4 aromatic carbocycles. The van der Waals surface area contributed by atoms with Gasteiger partial charge in [0.15, 0.2) is 5.16 Å². The highest BCUT2D eigenvalue weighted by molar-refractivity contribution is 7.99. The minimum Gasteiger partial charge on any atom is -0.325 e. The highest BCUT2D eigenvalue weighted by Crippen LogP contribution is 2.25. The quantitative estimate of drug-likeness (QED) is 0.208. The molecule has 1 heterocycles. The van der Waals surface area contributed by atoms with Crippen LogP contribution in [0.4, 0.5) is 5.69 Å². The number of anilines is 1. The number of aromatic nitrogens is 2. The van der Waals surface area contributed by atoms with Crippen LogP contribution in [0.15, 0.2) is 107 Å². The van der Waals surface area contributed by atoms with Crippen molar-refractivity contribution in [2.45, 2.75) is 25.4 Å². The molecule has 1 N–H and O–H groups in total. The predicted octanol–water partition coefficient (Wildman–Crippen LogP) is 6.32. The zero-order valence-electron chi connectivity index (χ0n) is 20.8. The van der Waals surface area contributed by atoms with Gasteiger partial charge >= 0.3 is 0 Å². The molecule has 6 heteroatoms. The molecule has 0 fully saturated rings. The Morgan fingerprint density at radius 2 is 1.59 bits per heavy atom. The van der Waals surface area contributed by atoms with E-state index in [9.17, 15) is 9.59 Å². The van der Waals surface area contributed by atoms with Crippen molar-refractivity contribution in [1.82, 2.24) is 9.55 Å². The van der Waals surface area contributed by atoms with Gasteiger partial charge in [-0.3, -0.25) is 14.2 Å². The molecule has 0 saturated heterocycles. The number of hydrogen-bond donors (Lipinski definition) is 1. The number of aryl methyl sites for hydroxylation is 1. The van der Waals surface area contributed by atoms with Crippen molar-refractivity contribution in [2.75, 3.05) is 11.1 Å². The number of amides is 1. The predicted molar refractivity (Wildman–Crippen MR) is 152 cm³/mol. The second-order valence-electron chi connectivity index (χ2n) is 8.93. The van der Waals surface area contributed by atoms with Crippen molar-refractivity contribution < 1.29 is 4.79 Å². The molecule has 5 nitrogen and oxygen atoms in total. The fourth-order valence-electron chi connectivity index (χ4n) is 4.33. The Kier molecular flexibility index (Phi) is 7.19. The van der Waals surface area contributed by atoms with Gasteiger partial charge in [0, 0.05) is 5.69 Å². The van der Waals surface area contributed by atoms with Gasteiger partial charge in [-0.25, -0.2) is 4.98 Å². The maximum absolute atomic E-state index is 13.6. The third-order valence-corrected chi connectivity index (χ3v) is 7.36. The second kappa shape index (κ2) is 10.8. The van der Waals surface area contributed by atoms with Crippen LogP contribution in [0.5, 0.6) is 0 Å². The molecule has 184 valence electrons. The van der Waals surface area contributed by atoms with Gasteiger partial charge in [0.05, 0.1) is 22.3 Å². The van der Waals surface area contributed by atoms with Crippen LogP contribution >= 0.6 is 11.8 Å². The largest absolute Gasteiger partial charge is 0.325 e. The third-order valence-electron chi connectivity index (χ3n) is 6.42. The smallest absolute Gasteiger partial charge is 0.266 e. The zero-order chi connectivity index (χ0) is 25.8. The van der Waals surface area contributed by atoms with E-state index >= 15 is 0 Å². The number of hydrogen-bond acceptors (Lipinski definition) is 4. The molecular formula is C31H27N3O2S. The van der Waals surface area contributed by atoms with Gasteiger partial charge in [-0.15, -0.1) is 0 Å². The molecule has 0 saturated carbocycles. The fraction of sp³-hybridized carbons (Fsp3) is 0.129. The number of benzene rings is 4. The Morgan fingerprint density at radius 1 is 0.865 bits per heavy atom. The second-order valence-corrected chi connectivity index (χ2v) is 9.87. The van der Waals surface area contributed by atoms with Crippen LogP contribution in [0.2, 0.25) is 0 Å². The van der Waals surface area contributed by atoms with Crippen molar-refractivity contribution in [3.05, 3.63) is 130 Å². The number of carbonyl (C=O) groups is 1. The Hall–Kier alpha value is -4.16. The number of nitrogens with one attached hydrogen (secondary N) is 1. The minimum atomic E-state index is -0.152. The molecule has 0 bridgehead atoms. The van der Waals surface area contributed by atoms with E-state index in [0.29, 0.717) is 16.1 Å². The van der Waals surface area contributed by atoms with Gasteiger partial charge in [-0.05, 0) is 66.8 Å². The van der Waals surface area contributed by atoms with E-state index in [1.807, 2.05) is 92.7 Å². The molecule has 5 aromatic rings. The summed E-state index contributed by atoms with van der Waals surface area (Å²) in [4.78, 5) is 31.4. The summed E-state index contributed by atoms with van der Waals surface area (Å²) in [5.74, 6) is -0.0320. The minimum absolute atomic E-state index is 0.120. The molecule has 0 aliphatic heterocycles. The molecule has 5 rings (SSSR count). The summed E-state index contributed by atoms with van der Waals surface area (Å²) in [6, 6.07) is 31.2. The number of para-hydroxylation sites is 2. The first-order chi connectivity index (χ1) is 18.0. The molecule has 0 aliphatic rings. The van der Waals surface area contributed by atoms with Gasteiger partial charge < -0.3 is 5.32 Å². The molecule has 0 aliphatic carbocycles. The Labute approximate surface area is 220 Å². The first-order valence-electron chi connectivity index (χ1n) is 12.1. The van der Waals surface area contributed by atoms with Crippen LogP contribution in [0.3, 0.4) is 0 Å².